The maximum Gasteiger partial charge on any atom is 0.279 e. The molecule has 0 unspecified atom stereocenters. The van der Waals surface area contributed by atoms with Gasteiger partial charge >= 0.3 is 0 Å². The van der Waals surface area contributed by atoms with E-state index < -0.39 is 0 Å². The summed E-state index contributed by atoms with van der Waals surface area (Å²) in [5, 5.41) is 2.76. The number of carbonyl (C=O) groups excluding carboxylic acids is 2. The van der Waals surface area contributed by atoms with Crippen LogP contribution in [0.3, 0.4) is 0 Å². The lowest BCUT2D eigenvalue weighted by Crippen LogP contribution is -3.15. The Hall–Kier alpha value is -2.80. The Labute approximate surface area is 145 Å². The van der Waals surface area contributed by atoms with Crippen molar-refractivity contribution in [3.8, 4) is 0 Å². The van der Waals surface area contributed by atoms with Crippen LogP contribution in [-0.4, -0.2) is 54.4 Å². The number of aromatic nitrogens is 1. The van der Waals surface area contributed by atoms with Crippen molar-refractivity contribution in [1.82, 2.24) is 9.88 Å². The lowest BCUT2D eigenvalue weighted by molar-refractivity contribution is -0.895. The summed E-state index contributed by atoms with van der Waals surface area (Å²) in [4.78, 5) is 31.3. The van der Waals surface area contributed by atoms with Crippen LogP contribution in [0.25, 0.3) is 0 Å². The Balaban J connectivity index is 1.46. The fourth-order valence-corrected chi connectivity index (χ4v) is 2.85. The maximum absolute atomic E-state index is 12.9. The van der Waals surface area contributed by atoms with E-state index in [1.54, 1.807) is 29.4 Å². The van der Waals surface area contributed by atoms with Crippen molar-refractivity contribution in [2.45, 2.75) is 0 Å². The van der Waals surface area contributed by atoms with Gasteiger partial charge in [-0.05, 0) is 36.4 Å². The van der Waals surface area contributed by atoms with Crippen molar-refractivity contribution in [2.75, 3.05) is 38.0 Å². The number of nitrogens with one attached hydrogen (secondary N) is 2. The van der Waals surface area contributed by atoms with E-state index in [2.05, 4.69) is 10.3 Å². The Morgan fingerprint density at radius 1 is 1.08 bits per heavy atom. The van der Waals surface area contributed by atoms with E-state index in [4.69, 9.17) is 0 Å². The fourth-order valence-electron chi connectivity index (χ4n) is 2.85. The third kappa shape index (κ3) is 4.60. The van der Waals surface area contributed by atoms with Crippen LogP contribution in [0.15, 0.2) is 48.8 Å². The number of halogens is 1. The molecule has 0 radical (unpaired) electrons. The molecule has 3 rings (SSSR count). The summed E-state index contributed by atoms with van der Waals surface area (Å²) in [6.07, 6.45) is 3.21. The van der Waals surface area contributed by atoms with Gasteiger partial charge in [-0.15, -0.1) is 0 Å². The van der Waals surface area contributed by atoms with Crippen LogP contribution < -0.4 is 10.2 Å². The first-order valence-corrected chi connectivity index (χ1v) is 8.20. The Morgan fingerprint density at radius 2 is 1.72 bits per heavy atom. The van der Waals surface area contributed by atoms with Crippen molar-refractivity contribution < 1.29 is 18.9 Å². The Morgan fingerprint density at radius 3 is 2.36 bits per heavy atom. The van der Waals surface area contributed by atoms with E-state index in [0.29, 0.717) is 44.0 Å². The molecule has 2 amide bonds. The zero-order valence-electron chi connectivity index (χ0n) is 13.7. The minimum Gasteiger partial charge on any atom is -0.327 e. The molecular weight excluding hydrogens is 323 g/mol. The molecule has 2 heterocycles. The molecule has 0 atom stereocenters. The molecule has 0 bridgehead atoms. The highest BCUT2D eigenvalue weighted by Crippen LogP contribution is 2.07. The molecule has 0 spiro atoms. The zero-order valence-corrected chi connectivity index (χ0v) is 13.7. The van der Waals surface area contributed by atoms with Crippen molar-refractivity contribution in [2.24, 2.45) is 0 Å². The molecule has 0 aliphatic carbocycles. The molecule has 0 saturated carbocycles. The van der Waals surface area contributed by atoms with Gasteiger partial charge in [0.25, 0.3) is 11.8 Å². The highest BCUT2D eigenvalue weighted by atomic mass is 19.1. The summed E-state index contributed by atoms with van der Waals surface area (Å²) in [6, 6.07) is 9.11. The number of rotatable bonds is 4. The monoisotopic (exact) mass is 343 g/mol. The molecule has 2 aromatic rings. The molecule has 130 valence electrons. The largest absolute Gasteiger partial charge is 0.327 e. The minimum absolute atomic E-state index is 0.00258. The Kier molecular flexibility index (Phi) is 5.35. The standard InChI is InChI=1S/C18H19FN4O2/c19-15-1-3-16(4-2-15)21-17(24)13-22-9-11-23(12-10-22)18(25)14-5-7-20-8-6-14/h1-8H,9-13H2,(H,21,24)/p+1. The number of quaternary nitrogens is 1. The van der Waals surface area contributed by atoms with E-state index >= 15 is 0 Å². The van der Waals surface area contributed by atoms with E-state index in [1.165, 1.54) is 24.3 Å². The zero-order chi connectivity index (χ0) is 17.6. The number of carbonyl (C=O) groups is 2. The first-order valence-electron chi connectivity index (χ1n) is 8.20. The summed E-state index contributed by atoms with van der Waals surface area (Å²) >= 11 is 0. The topological polar surface area (TPSA) is 66.7 Å². The van der Waals surface area contributed by atoms with Crippen molar-refractivity contribution in [1.29, 1.82) is 0 Å². The average molecular weight is 343 g/mol. The molecule has 1 aromatic carbocycles. The fraction of sp³-hybridized carbons (Fsp3) is 0.278. The molecule has 1 fully saturated rings. The number of nitrogens with zero attached hydrogens (tertiary/aromatic N) is 2. The summed E-state index contributed by atoms with van der Waals surface area (Å²) in [6.45, 7) is 2.98. The van der Waals surface area contributed by atoms with Crippen molar-refractivity contribution in [3.63, 3.8) is 0 Å². The van der Waals surface area contributed by atoms with Crippen LogP contribution in [0.1, 0.15) is 10.4 Å². The van der Waals surface area contributed by atoms with Gasteiger partial charge in [0.05, 0.1) is 26.2 Å². The molecule has 1 aliphatic rings. The summed E-state index contributed by atoms with van der Waals surface area (Å²) < 4.78 is 12.9. The highest BCUT2D eigenvalue weighted by Gasteiger charge is 2.25. The van der Waals surface area contributed by atoms with Gasteiger partial charge in [-0.25, -0.2) is 4.39 Å². The maximum atomic E-state index is 12.9. The van der Waals surface area contributed by atoms with Crippen LogP contribution in [-0.2, 0) is 4.79 Å². The van der Waals surface area contributed by atoms with Crippen LogP contribution in [0, 0.1) is 5.82 Å². The van der Waals surface area contributed by atoms with Crippen LogP contribution >= 0.6 is 0 Å². The quantitative estimate of drug-likeness (QED) is 0.834. The van der Waals surface area contributed by atoms with E-state index in [1.807, 2.05) is 0 Å². The van der Waals surface area contributed by atoms with Gasteiger partial charge in [-0.3, -0.25) is 14.6 Å². The SMILES string of the molecule is O=C(C[NH+]1CCN(C(=O)c2ccncc2)CC1)Nc1ccc(F)cc1. The van der Waals surface area contributed by atoms with Crippen LogP contribution in [0.2, 0.25) is 0 Å². The summed E-state index contributed by atoms with van der Waals surface area (Å²) in [7, 11) is 0. The van der Waals surface area contributed by atoms with Gasteiger partial charge in [0.2, 0.25) is 0 Å². The third-order valence-corrected chi connectivity index (χ3v) is 4.22. The normalized spacial score (nSPS) is 15.0. The molecule has 25 heavy (non-hydrogen) atoms. The van der Waals surface area contributed by atoms with E-state index in [9.17, 15) is 14.0 Å². The number of anilines is 1. The predicted molar refractivity (Wildman–Crippen MR) is 90.7 cm³/mol. The third-order valence-electron chi connectivity index (χ3n) is 4.22. The molecule has 1 saturated heterocycles. The smallest absolute Gasteiger partial charge is 0.279 e. The van der Waals surface area contributed by atoms with Gasteiger partial charge in [-0.2, -0.15) is 0 Å². The predicted octanol–water partition coefficient (Wildman–Crippen LogP) is 0.200. The van der Waals surface area contributed by atoms with Crippen molar-refractivity contribution in [3.05, 3.63) is 60.2 Å². The second-order valence-electron chi connectivity index (χ2n) is 6.01. The first-order chi connectivity index (χ1) is 12.1. The number of hydrogen-bond acceptors (Lipinski definition) is 3. The van der Waals surface area contributed by atoms with Gasteiger partial charge in [0.1, 0.15) is 5.82 Å². The summed E-state index contributed by atoms with van der Waals surface area (Å²) in [5.41, 5.74) is 1.21. The van der Waals surface area contributed by atoms with E-state index in [0.717, 1.165) is 4.90 Å². The number of hydrogen-bond donors (Lipinski definition) is 2. The molecule has 1 aromatic heterocycles. The molecule has 2 N–H and O–H groups in total. The van der Waals surface area contributed by atoms with Gasteiger partial charge in [0.15, 0.2) is 6.54 Å². The van der Waals surface area contributed by atoms with Crippen LogP contribution in [0.4, 0.5) is 10.1 Å². The minimum atomic E-state index is -0.335. The van der Waals surface area contributed by atoms with Gasteiger partial charge in [0, 0.05) is 23.6 Å². The lowest BCUT2D eigenvalue weighted by atomic mass is 10.2. The Bertz CT molecular complexity index is 729. The number of amides is 2. The van der Waals surface area contributed by atoms with Crippen LogP contribution in [0.5, 0.6) is 0 Å². The second-order valence-corrected chi connectivity index (χ2v) is 6.01. The summed E-state index contributed by atoms with van der Waals surface area (Å²) in [5.74, 6) is -0.452. The first kappa shape index (κ1) is 17.0. The number of pyridine rings is 1. The van der Waals surface area contributed by atoms with Gasteiger partial charge < -0.3 is 15.1 Å². The molecule has 7 heteroatoms. The molecule has 1 aliphatic heterocycles. The highest BCUT2D eigenvalue weighted by molar-refractivity contribution is 5.94. The van der Waals surface area contributed by atoms with Gasteiger partial charge in [-0.1, -0.05) is 0 Å². The number of benzene rings is 1. The molecule has 6 nitrogen and oxygen atoms in total. The average Bonchev–Trinajstić information content (AvgIpc) is 2.64. The second kappa shape index (κ2) is 7.85. The molecular formula is C18H20FN4O2+. The van der Waals surface area contributed by atoms with Crippen molar-refractivity contribution >= 4 is 17.5 Å². The lowest BCUT2D eigenvalue weighted by Gasteiger charge is -2.31. The number of piperazine rings is 1. The van der Waals surface area contributed by atoms with E-state index in [-0.39, 0.29) is 17.6 Å².